The molecule has 25 heavy (non-hydrogen) atoms. The molecule has 5 nitrogen and oxygen atoms in total. The van der Waals surface area contributed by atoms with Crippen LogP contribution in [0.4, 0.5) is 0 Å². The van der Waals surface area contributed by atoms with Gasteiger partial charge in [-0.15, -0.1) is 0 Å². The van der Waals surface area contributed by atoms with Crippen molar-refractivity contribution in [2.75, 3.05) is 21.0 Å². The molecule has 0 bridgehead atoms. The Bertz CT molecular complexity index is 825. The second kappa shape index (κ2) is 7.68. The molecular weight excluding hydrogens is 318 g/mol. The Hall–Kier alpha value is -3.05. The first-order valence-electron chi connectivity index (χ1n) is 7.82. The first kappa shape index (κ1) is 16.8. The minimum absolute atomic E-state index is 0.179. The van der Waals surface area contributed by atoms with E-state index in [1.165, 1.54) is 0 Å². The molecule has 2 aromatic rings. The topological polar surface area (TPSA) is 56.8 Å². The molecule has 1 amide bonds. The van der Waals surface area contributed by atoms with Crippen LogP contribution in [0.5, 0.6) is 5.75 Å². The summed E-state index contributed by atoms with van der Waals surface area (Å²) in [5.41, 5.74) is 2.85. The standard InChI is InChI=1S/C20H19NO4/c1-23-13-25-16-10-6-7-14(11-16)12-17-19(24-2)18(20(22)21-17)15-8-4-3-5-9-15/h3-12H,13H2,1-2H3,(H,21,22)/b17-12-. The molecule has 0 radical (unpaired) electrons. The molecule has 0 unspecified atom stereocenters. The molecule has 0 fully saturated rings. The van der Waals surface area contributed by atoms with Gasteiger partial charge in [0.1, 0.15) is 5.75 Å². The number of carbonyl (C=O) groups is 1. The van der Waals surface area contributed by atoms with E-state index in [9.17, 15) is 4.79 Å². The number of ether oxygens (including phenoxy) is 3. The van der Waals surface area contributed by atoms with Crippen LogP contribution in [0.2, 0.25) is 0 Å². The number of carbonyl (C=O) groups excluding carboxylic acids is 1. The molecule has 2 aromatic carbocycles. The highest BCUT2D eigenvalue weighted by Crippen LogP contribution is 2.30. The molecule has 0 saturated heterocycles. The molecule has 1 aliphatic heterocycles. The van der Waals surface area contributed by atoms with Crippen molar-refractivity contribution in [2.45, 2.75) is 0 Å². The van der Waals surface area contributed by atoms with E-state index >= 15 is 0 Å². The van der Waals surface area contributed by atoms with Gasteiger partial charge in [0.05, 0.1) is 18.4 Å². The summed E-state index contributed by atoms with van der Waals surface area (Å²) in [4.78, 5) is 12.4. The maximum atomic E-state index is 12.4. The molecule has 5 heteroatoms. The summed E-state index contributed by atoms with van der Waals surface area (Å²) in [5.74, 6) is 1.03. The van der Waals surface area contributed by atoms with Gasteiger partial charge < -0.3 is 19.5 Å². The highest BCUT2D eigenvalue weighted by molar-refractivity contribution is 6.24. The maximum Gasteiger partial charge on any atom is 0.260 e. The largest absolute Gasteiger partial charge is 0.494 e. The van der Waals surface area contributed by atoms with Gasteiger partial charge in [-0.05, 0) is 29.3 Å². The minimum Gasteiger partial charge on any atom is -0.494 e. The van der Waals surface area contributed by atoms with Gasteiger partial charge in [-0.25, -0.2) is 0 Å². The first-order valence-corrected chi connectivity index (χ1v) is 7.82. The zero-order valence-corrected chi connectivity index (χ0v) is 14.1. The van der Waals surface area contributed by atoms with Gasteiger partial charge in [0, 0.05) is 7.11 Å². The number of rotatable bonds is 6. The van der Waals surface area contributed by atoms with Crippen molar-refractivity contribution in [1.29, 1.82) is 0 Å². The number of nitrogens with one attached hydrogen (secondary N) is 1. The summed E-state index contributed by atoms with van der Waals surface area (Å²) in [7, 11) is 3.13. The number of amides is 1. The van der Waals surface area contributed by atoms with E-state index in [1.807, 2.05) is 60.7 Å². The lowest BCUT2D eigenvalue weighted by Crippen LogP contribution is -2.16. The van der Waals surface area contributed by atoms with Gasteiger partial charge in [-0.2, -0.15) is 0 Å². The third-order valence-corrected chi connectivity index (χ3v) is 3.73. The van der Waals surface area contributed by atoms with Crippen LogP contribution in [0.3, 0.4) is 0 Å². The van der Waals surface area contributed by atoms with E-state index in [-0.39, 0.29) is 12.7 Å². The van der Waals surface area contributed by atoms with Crippen LogP contribution in [-0.4, -0.2) is 26.9 Å². The number of benzene rings is 2. The number of hydrogen-bond acceptors (Lipinski definition) is 4. The van der Waals surface area contributed by atoms with Crippen molar-refractivity contribution in [3.05, 3.63) is 77.2 Å². The second-order valence-corrected chi connectivity index (χ2v) is 5.41. The molecular formula is C20H19NO4. The van der Waals surface area contributed by atoms with E-state index in [2.05, 4.69) is 5.32 Å². The molecule has 0 aromatic heterocycles. The normalized spacial score (nSPS) is 15.4. The molecule has 3 rings (SSSR count). The third-order valence-electron chi connectivity index (χ3n) is 3.73. The van der Waals surface area contributed by atoms with Gasteiger partial charge in [0.2, 0.25) is 0 Å². The highest BCUT2D eigenvalue weighted by atomic mass is 16.7. The lowest BCUT2D eigenvalue weighted by molar-refractivity contribution is -0.114. The van der Waals surface area contributed by atoms with Gasteiger partial charge in [0.25, 0.3) is 5.91 Å². The van der Waals surface area contributed by atoms with E-state index in [0.29, 0.717) is 22.8 Å². The van der Waals surface area contributed by atoms with Crippen molar-refractivity contribution >= 4 is 17.6 Å². The number of methoxy groups -OCH3 is 2. The van der Waals surface area contributed by atoms with E-state index in [1.54, 1.807) is 14.2 Å². The predicted octanol–water partition coefficient (Wildman–Crippen LogP) is 3.20. The fourth-order valence-electron chi connectivity index (χ4n) is 2.65. The van der Waals surface area contributed by atoms with E-state index in [4.69, 9.17) is 14.2 Å². The predicted molar refractivity (Wildman–Crippen MR) is 95.4 cm³/mol. The smallest absolute Gasteiger partial charge is 0.260 e. The van der Waals surface area contributed by atoms with Gasteiger partial charge in [0.15, 0.2) is 12.6 Å². The summed E-state index contributed by atoms with van der Waals surface area (Å²) >= 11 is 0. The third kappa shape index (κ3) is 3.72. The van der Waals surface area contributed by atoms with Crippen LogP contribution in [0.15, 0.2) is 66.1 Å². The zero-order chi connectivity index (χ0) is 17.6. The second-order valence-electron chi connectivity index (χ2n) is 5.41. The minimum atomic E-state index is -0.180. The Morgan fingerprint density at radius 1 is 1.04 bits per heavy atom. The Kier molecular flexibility index (Phi) is 5.16. The summed E-state index contributed by atoms with van der Waals surface area (Å²) in [6, 6.07) is 17.0. The van der Waals surface area contributed by atoms with Crippen LogP contribution in [-0.2, 0) is 14.3 Å². The van der Waals surface area contributed by atoms with Crippen molar-refractivity contribution in [2.24, 2.45) is 0 Å². The monoisotopic (exact) mass is 337 g/mol. The van der Waals surface area contributed by atoms with Crippen molar-refractivity contribution < 1.29 is 19.0 Å². The molecule has 1 aliphatic rings. The van der Waals surface area contributed by atoms with Crippen LogP contribution in [0, 0.1) is 0 Å². The molecule has 128 valence electrons. The Labute approximate surface area is 146 Å². The maximum absolute atomic E-state index is 12.4. The lowest BCUT2D eigenvalue weighted by Gasteiger charge is -2.07. The van der Waals surface area contributed by atoms with Gasteiger partial charge in [-0.1, -0.05) is 42.5 Å². The molecule has 0 aliphatic carbocycles. The van der Waals surface area contributed by atoms with Gasteiger partial charge >= 0.3 is 0 Å². The van der Waals surface area contributed by atoms with Crippen molar-refractivity contribution in [3.8, 4) is 5.75 Å². The van der Waals surface area contributed by atoms with E-state index < -0.39 is 0 Å². The fraction of sp³-hybridized carbons (Fsp3) is 0.150. The first-order chi connectivity index (χ1) is 12.2. The van der Waals surface area contributed by atoms with Gasteiger partial charge in [-0.3, -0.25) is 4.79 Å². The van der Waals surface area contributed by atoms with E-state index in [0.717, 1.165) is 11.1 Å². The van der Waals surface area contributed by atoms with Crippen molar-refractivity contribution in [1.82, 2.24) is 5.32 Å². The van der Waals surface area contributed by atoms with Crippen LogP contribution in [0.1, 0.15) is 11.1 Å². The van der Waals surface area contributed by atoms with Crippen LogP contribution >= 0.6 is 0 Å². The SMILES string of the molecule is COCOc1cccc(/C=C2\NC(=O)C(c3ccccc3)=C2OC)c1. The summed E-state index contributed by atoms with van der Waals surface area (Å²) in [6.07, 6.45) is 1.85. The summed E-state index contributed by atoms with van der Waals surface area (Å²) in [6.45, 7) is 0.179. The fourth-order valence-corrected chi connectivity index (χ4v) is 2.65. The number of hydrogen-bond donors (Lipinski definition) is 1. The highest BCUT2D eigenvalue weighted by Gasteiger charge is 2.29. The molecule has 0 spiro atoms. The molecule has 0 atom stereocenters. The molecule has 1 heterocycles. The van der Waals surface area contributed by atoms with Crippen LogP contribution < -0.4 is 10.1 Å². The zero-order valence-electron chi connectivity index (χ0n) is 14.1. The average molecular weight is 337 g/mol. The summed E-state index contributed by atoms with van der Waals surface area (Å²) in [5, 5.41) is 2.87. The average Bonchev–Trinajstić information content (AvgIpc) is 2.96. The molecule has 0 saturated carbocycles. The summed E-state index contributed by atoms with van der Waals surface area (Å²) < 4.78 is 15.9. The lowest BCUT2D eigenvalue weighted by atomic mass is 10.1. The molecule has 1 N–H and O–H groups in total. The quantitative estimate of drug-likeness (QED) is 0.823. The van der Waals surface area contributed by atoms with Crippen LogP contribution in [0.25, 0.3) is 11.6 Å². The van der Waals surface area contributed by atoms with Crippen molar-refractivity contribution in [3.63, 3.8) is 0 Å². The Balaban J connectivity index is 1.96. The Morgan fingerprint density at radius 3 is 2.56 bits per heavy atom. The Morgan fingerprint density at radius 2 is 1.84 bits per heavy atom.